The monoisotopic (exact) mass is 305 g/mol. The largest absolute Gasteiger partial charge is 0.355 e. The number of likely N-dealkylation sites (N-methyl/N-ethyl adjacent to an activating group) is 1. The summed E-state index contributed by atoms with van der Waals surface area (Å²) in [5, 5.41) is 2.89. The SMILES string of the molecule is CCN(CC(=O)NCCCN(C)C)C1CCS(=O)(=O)C1. The number of rotatable bonds is 8. The molecule has 0 saturated carbocycles. The number of sulfone groups is 1. The van der Waals surface area contributed by atoms with Crippen molar-refractivity contribution in [3.05, 3.63) is 0 Å². The molecule has 0 radical (unpaired) electrons. The maximum atomic E-state index is 11.9. The third-order valence-electron chi connectivity index (χ3n) is 3.58. The number of carbonyl (C=O) groups is 1. The van der Waals surface area contributed by atoms with Gasteiger partial charge in [0.2, 0.25) is 5.91 Å². The summed E-state index contributed by atoms with van der Waals surface area (Å²) in [4.78, 5) is 15.9. The van der Waals surface area contributed by atoms with Gasteiger partial charge in [-0.2, -0.15) is 0 Å². The van der Waals surface area contributed by atoms with E-state index in [0.717, 1.165) is 13.0 Å². The number of nitrogens with one attached hydrogen (secondary N) is 1. The average Bonchev–Trinajstić information content (AvgIpc) is 2.72. The summed E-state index contributed by atoms with van der Waals surface area (Å²) < 4.78 is 23.0. The second kappa shape index (κ2) is 7.95. The number of nitrogens with zero attached hydrogens (tertiary/aromatic N) is 2. The van der Waals surface area contributed by atoms with Crippen molar-refractivity contribution in [3.8, 4) is 0 Å². The first kappa shape index (κ1) is 17.4. The second-order valence-electron chi connectivity index (χ2n) is 5.63. The molecule has 1 unspecified atom stereocenters. The van der Waals surface area contributed by atoms with Crippen LogP contribution in [0.1, 0.15) is 19.8 Å². The molecule has 7 heteroatoms. The lowest BCUT2D eigenvalue weighted by molar-refractivity contribution is -0.122. The summed E-state index contributed by atoms with van der Waals surface area (Å²) in [6.45, 7) is 4.56. The van der Waals surface area contributed by atoms with Crippen molar-refractivity contribution in [2.24, 2.45) is 0 Å². The van der Waals surface area contributed by atoms with E-state index >= 15 is 0 Å². The van der Waals surface area contributed by atoms with Crippen molar-refractivity contribution in [2.75, 3.05) is 51.8 Å². The van der Waals surface area contributed by atoms with Crippen molar-refractivity contribution in [1.82, 2.24) is 15.1 Å². The van der Waals surface area contributed by atoms with E-state index < -0.39 is 9.84 Å². The quantitative estimate of drug-likeness (QED) is 0.616. The Hall–Kier alpha value is -0.660. The molecule has 1 aliphatic rings. The predicted octanol–water partition coefficient (Wildman–Crippen LogP) is -0.437. The van der Waals surface area contributed by atoms with Crippen LogP contribution in [0.5, 0.6) is 0 Å². The molecule has 1 N–H and O–H groups in total. The lowest BCUT2D eigenvalue weighted by Gasteiger charge is -2.25. The van der Waals surface area contributed by atoms with Gasteiger partial charge in [0.25, 0.3) is 0 Å². The van der Waals surface area contributed by atoms with Crippen LogP contribution in [0.25, 0.3) is 0 Å². The molecule has 1 heterocycles. The van der Waals surface area contributed by atoms with Crippen LogP contribution < -0.4 is 5.32 Å². The van der Waals surface area contributed by atoms with Crippen molar-refractivity contribution in [1.29, 1.82) is 0 Å². The van der Waals surface area contributed by atoms with Gasteiger partial charge < -0.3 is 10.2 Å². The maximum Gasteiger partial charge on any atom is 0.234 e. The molecule has 0 spiro atoms. The van der Waals surface area contributed by atoms with Crippen LogP contribution in [-0.4, -0.2) is 81.9 Å². The van der Waals surface area contributed by atoms with E-state index in [-0.39, 0.29) is 23.5 Å². The molecule has 1 amide bonds. The Morgan fingerprint density at radius 2 is 2.05 bits per heavy atom. The summed E-state index contributed by atoms with van der Waals surface area (Å²) >= 11 is 0. The number of hydrogen-bond acceptors (Lipinski definition) is 5. The molecule has 0 aromatic rings. The van der Waals surface area contributed by atoms with Crippen LogP contribution in [0, 0.1) is 0 Å². The van der Waals surface area contributed by atoms with Gasteiger partial charge in [0.15, 0.2) is 9.84 Å². The average molecular weight is 305 g/mol. The topological polar surface area (TPSA) is 69.7 Å². The smallest absolute Gasteiger partial charge is 0.234 e. The summed E-state index contributed by atoms with van der Waals surface area (Å²) in [6, 6.07) is -0.00229. The van der Waals surface area contributed by atoms with Crippen LogP contribution >= 0.6 is 0 Å². The molecular formula is C13H27N3O3S. The van der Waals surface area contributed by atoms with E-state index in [9.17, 15) is 13.2 Å². The molecule has 0 aliphatic carbocycles. The summed E-state index contributed by atoms with van der Waals surface area (Å²) in [5.41, 5.74) is 0. The fourth-order valence-corrected chi connectivity index (χ4v) is 4.19. The van der Waals surface area contributed by atoms with Crippen molar-refractivity contribution >= 4 is 15.7 Å². The van der Waals surface area contributed by atoms with Gasteiger partial charge in [0, 0.05) is 12.6 Å². The fraction of sp³-hybridized carbons (Fsp3) is 0.923. The van der Waals surface area contributed by atoms with Crippen LogP contribution in [-0.2, 0) is 14.6 Å². The molecule has 0 aromatic heterocycles. The van der Waals surface area contributed by atoms with Gasteiger partial charge in [-0.25, -0.2) is 8.42 Å². The minimum atomic E-state index is -2.90. The first-order valence-corrected chi connectivity index (χ1v) is 9.02. The van der Waals surface area contributed by atoms with Gasteiger partial charge in [0.1, 0.15) is 0 Å². The first-order valence-electron chi connectivity index (χ1n) is 7.20. The lowest BCUT2D eigenvalue weighted by atomic mass is 10.2. The molecule has 0 bridgehead atoms. The van der Waals surface area contributed by atoms with Crippen molar-refractivity contribution in [3.63, 3.8) is 0 Å². The van der Waals surface area contributed by atoms with Crippen LogP contribution in [0.3, 0.4) is 0 Å². The van der Waals surface area contributed by atoms with Crippen LogP contribution in [0.4, 0.5) is 0 Å². The van der Waals surface area contributed by atoms with Gasteiger partial charge in [0.05, 0.1) is 18.1 Å². The number of carbonyl (C=O) groups excluding carboxylic acids is 1. The molecule has 1 aliphatic heterocycles. The third kappa shape index (κ3) is 6.19. The van der Waals surface area contributed by atoms with E-state index in [1.165, 1.54) is 0 Å². The molecule has 20 heavy (non-hydrogen) atoms. The fourth-order valence-electron chi connectivity index (χ4n) is 2.43. The summed E-state index contributed by atoms with van der Waals surface area (Å²) in [5.74, 6) is 0.419. The first-order chi connectivity index (χ1) is 9.34. The van der Waals surface area contributed by atoms with E-state index in [1.807, 2.05) is 25.9 Å². The molecule has 1 saturated heterocycles. The standard InChI is InChI=1S/C13H27N3O3S/c1-4-16(12-6-9-20(18,19)11-12)10-13(17)14-7-5-8-15(2)3/h12H,4-11H2,1-3H3,(H,14,17). The molecule has 6 nitrogen and oxygen atoms in total. The highest BCUT2D eigenvalue weighted by molar-refractivity contribution is 7.91. The lowest BCUT2D eigenvalue weighted by Crippen LogP contribution is -2.43. The van der Waals surface area contributed by atoms with Gasteiger partial charge in [-0.05, 0) is 40.0 Å². The van der Waals surface area contributed by atoms with E-state index in [4.69, 9.17) is 0 Å². The Morgan fingerprint density at radius 3 is 2.55 bits per heavy atom. The van der Waals surface area contributed by atoms with Crippen molar-refractivity contribution in [2.45, 2.75) is 25.8 Å². The zero-order valence-electron chi connectivity index (χ0n) is 12.8. The predicted molar refractivity (Wildman–Crippen MR) is 80.5 cm³/mol. The Balaban J connectivity index is 2.31. The second-order valence-corrected chi connectivity index (χ2v) is 7.86. The summed E-state index contributed by atoms with van der Waals surface area (Å²) in [7, 11) is 1.11. The minimum Gasteiger partial charge on any atom is -0.355 e. The van der Waals surface area contributed by atoms with Crippen molar-refractivity contribution < 1.29 is 13.2 Å². The molecule has 1 fully saturated rings. The van der Waals surface area contributed by atoms with E-state index in [0.29, 0.717) is 26.1 Å². The van der Waals surface area contributed by atoms with Gasteiger partial charge in [-0.1, -0.05) is 6.92 Å². The summed E-state index contributed by atoms with van der Waals surface area (Å²) in [6.07, 6.45) is 1.56. The number of hydrogen-bond donors (Lipinski definition) is 1. The Bertz CT molecular complexity index is 409. The highest BCUT2D eigenvalue weighted by atomic mass is 32.2. The molecule has 118 valence electrons. The zero-order chi connectivity index (χ0) is 15.2. The van der Waals surface area contributed by atoms with Gasteiger partial charge in [-0.15, -0.1) is 0 Å². The van der Waals surface area contributed by atoms with Crippen LogP contribution in [0.15, 0.2) is 0 Å². The third-order valence-corrected chi connectivity index (χ3v) is 5.33. The highest BCUT2D eigenvalue weighted by Gasteiger charge is 2.32. The van der Waals surface area contributed by atoms with Gasteiger partial charge >= 0.3 is 0 Å². The van der Waals surface area contributed by atoms with E-state index in [1.54, 1.807) is 0 Å². The van der Waals surface area contributed by atoms with Crippen LogP contribution in [0.2, 0.25) is 0 Å². The molecule has 1 atom stereocenters. The van der Waals surface area contributed by atoms with Gasteiger partial charge in [-0.3, -0.25) is 9.69 Å². The molecular weight excluding hydrogens is 278 g/mol. The minimum absolute atomic E-state index is 0.00229. The molecule has 1 rings (SSSR count). The Kier molecular flexibility index (Phi) is 6.91. The maximum absolute atomic E-state index is 11.9. The van der Waals surface area contributed by atoms with E-state index in [2.05, 4.69) is 10.2 Å². The number of amides is 1. The molecule has 0 aromatic carbocycles. The zero-order valence-corrected chi connectivity index (χ0v) is 13.6. The Morgan fingerprint density at radius 1 is 1.35 bits per heavy atom. The highest BCUT2D eigenvalue weighted by Crippen LogP contribution is 2.17. The normalized spacial score (nSPS) is 21.6. The Labute approximate surface area is 122 Å².